The maximum Gasteiger partial charge on any atom is 0.145 e. The lowest BCUT2D eigenvalue weighted by Gasteiger charge is -2.10. The summed E-state index contributed by atoms with van der Waals surface area (Å²) in [5.74, 6) is 0.876. The molecule has 0 bridgehead atoms. The molecule has 2 aromatic rings. The SMILES string of the molecule is Cl.N#C/C(=C1/SC[C@@H](c2ccc(Cl)cc2Cl)S1)n1ccnc1. The predicted molar refractivity (Wildman–Crippen MR) is 97.6 cm³/mol. The minimum absolute atomic E-state index is 0. The predicted octanol–water partition coefficient (Wildman–Crippen LogP) is 5.48. The monoisotopic (exact) mass is 389 g/mol. The normalized spacial score (nSPS) is 19.4. The van der Waals surface area contributed by atoms with Crippen LogP contribution in [-0.2, 0) is 0 Å². The van der Waals surface area contributed by atoms with Crippen LogP contribution in [0.15, 0.2) is 41.2 Å². The van der Waals surface area contributed by atoms with E-state index in [-0.39, 0.29) is 17.7 Å². The summed E-state index contributed by atoms with van der Waals surface area (Å²) in [6, 6.07) is 7.80. The number of halogens is 3. The number of nitrogens with zero attached hydrogens (tertiary/aromatic N) is 3. The number of imidazole rings is 1. The van der Waals surface area contributed by atoms with Crippen LogP contribution in [0.5, 0.6) is 0 Å². The van der Waals surface area contributed by atoms with Crippen LogP contribution < -0.4 is 0 Å². The van der Waals surface area contributed by atoms with Gasteiger partial charge >= 0.3 is 0 Å². The second-order valence-corrected chi connectivity index (χ2v) is 7.65. The van der Waals surface area contributed by atoms with Crippen LogP contribution in [0.25, 0.3) is 5.70 Å². The van der Waals surface area contributed by atoms with Crippen molar-refractivity contribution in [3.8, 4) is 6.07 Å². The van der Waals surface area contributed by atoms with Gasteiger partial charge in [-0.05, 0) is 17.7 Å². The first kappa shape index (κ1) is 17.6. The lowest BCUT2D eigenvalue weighted by atomic mass is 10.2. The number of hydrogen-bond donors (Lipinski definition) is 0. The standard InChI is InChI=1S/C14H9Cl2N3S2.ClH/c15-9-1-2-10(11(16)5-9)13-7-20-14(21-13)12(6-17)19-4-3-18-8-19;/h1-5,8,13H,7H2;1H/b14-12+;/t13-;/m0./s1. The lowest BCUT2D eigenvalue weighted by molar-refractivity contribution is 1.10. The molecule has 0 unspecified atom stereocenters. The first-order valence-corrected chi connectivity index (χ1v) is 8.68. The summed E-state index contributed by atoms with van der Waals surface area (Å²) < 4.78 is 2.73. The molecule has 114 valence electrons. The van der Waals surface area contributed by atoms with E-state index in [0.29, 0.717) is 15.7 Å². The fourth-order valence-electron chi connectivity index (χ4n) is 1.99. The Morgan fingerprint density at radius 1 is 1.41 bits per heavy atom. The Morgan fingerprint density at radius 3 is 2.86 bits per heavy atom. The van der Waals surface area contributed by atoms with E-state index in [1.165, 1.54) is 0 Å². The van der Waals surface area contributed by atoms with E-state index in [1.807, 2.05) is 12.1 Å². The highest BCUT2D eigenvalue weighted by molar-refractivity contribution is 8.25. The van der Waals surface area contributed by atoms with E-state index in [4.69, 9.17) is 23.2 Å². The average Bonchev–Trinajstić information content (AvgIpc) is 3.12. The number of nitriles is 1. The van der Waals surface area contributed by atoms with Crippen LogP contribution >= 0.6 is 59.1 Å². The first-order chi connectivity index (χ1) is 10.2. The molecule has 1 atom stereocenters. The number of allylic oxidation sites excluding steroid dienone is 1. The molecule has 0 saturated carbocycles. The average molecular weight is 391 g/mol. The number of benzene rings is 1. The largest absolute Gasteiger partial charge is 0.296 e. The summed E-state index contributed by atoms with van der Waals surface area (Å²) in [6.45, 7) is 0. The third-order valence-electron chi connectivity index (χ3n) is 2.99. The van der Waals surface area contributed by atoms with Gasteiger partial charge in [0.15, 0.2) is 0 Å². The molecule has 1 saturated heterocycles. The van der Waals surface area contributed by atoms with Crippen molar-refractivity contribution < 1.29 is 0 Å². The Hall–Kier alpha value is -0.770. The highest BCUT2D eigenvalue weighted by Gasteiger charge is 2.27. The Morgan fingerprint density at radius 2 is 2.23 bits per heavy atom. The van der Waals surface area contributed by atoms with Crippen molar-refractivity contribution in [3.05, 3.63) is 56.8 Å². The number of rotatable bonds is 2. The quantitative estimate of drug-likeness (QED) is 0.636. The maximum atomic E-state index is 9.38. The molecule has 0 N–H and O–H groups in total. The summed E-state index contributed by atoms with van der Waals surface area (Å²) >= 11 is 15.5. The minimum atomic E-state index is 0. The summed E-state index contributed by atoms with van der Waals surface area (Å²) in [6.07, 6.45) is 5.07. The molecule has 0 spiro atoms. The van der Waals surface area contributed by atoms with Gasteiger partial charge in [0.1, 0.15) is 11.8 Å². The molecule has 8 heteroatoms. The van der Waals surface area contributed by atoms with Gasteiger partial charge in [-0.2, -0.15) is 5.26 Å². The fourth-order valence-corrected chi connectivity index (χ4v) is 5.52. The second-order valence-electron chi connectivity index (χ2n) is 4.30. The van der Waals surface area contributed by atoms with E-state index in [9.17, 15) is 5.26 Å². The molecule has 1 aliphatic heterocycles. The molecule has 1 fully saturated rings. The van der Waals surface area contributed by atoms with Crippen molar-refractivity contribution in [1.29, 1.82) is 5.26 Å². The van der Waals surface area contributed by atoms with Gasteiger partial charge in [0.25, 0.3) is 0 Å². The van der Waals surface area contributed by atoms with Crippen LogP contribution in [0, 0.1) is 11.3 Å². The molecule has 1 aromatic carbocycles. The van der Waals surface area contributed by atoms with Crippen LogP contribution in [0.4, 0.5) is 0 Å². The highest BCUT2D eigenvalue weighted by atomic mass is 35.5. The van der Waals surface area contributed by atoms with Gasteiger partial charge in [-0.15, -0.1) is 35.9 Å². The molecule has 1 aliphatic rings. The summed E-state index contributed by atoms with van der Waals surface area (Å²) in [4.78, 5) is 3.99. The first-order valence-electron chi connectivity index (χ1n) is 6.06. The number of thioether (sulfide) groups is 2. The molecule has 3 rings (SSSR count). The molecule has 0 aliphatic carbocycles. The zero-order valence-corrected chi connectivity index (χ0v) is 15.0. The second kappa shape index (κ2) is 7.67. The highest BCUT2D eigenvalue weighted by Crippen LogP contribution is 2.53. The van der Waals surface area contributed by atoms with Gasteiger partial charge < -0.3 is 0 Å². The van der Waals surface area contributed by atoms with Gasteiger partial charge in [0, 0.05) is 33.4 Å². The van der Waals surface area contributed by atoms with Crippen molar-refractivity contribution in [2.24, 2.45) is 0 Å². The Bertz CT molecular complexity index is 738. The van der Waals surface area contributed by atoms with Gasteiger partial charge in [0.05, 0.1) is 10.6 Å². The number of aromatic nitrogens is 2. The van der Waals surface area contributed by atoms with Crippen molar-refractivity contribution in [2.45, 2.75) is 5.25 Å². The topological polar surface area (TPSA) is 41.6 Å². The molecule has 22 heavy (non-hydrogen) atoms. The summed E-state index contributed by atoms with van der Waals surface area (Å²) in [5.41, 5.74) is 1.66. The Balaban J connectivity index is 0.00000176. The van der Waals surface area contributed by atoms with Crippen LogP contribution in [0.1, 0.15) is 10.8 Å². The lowest BCUT2D eigenvalue weighted by Crippen LogP contribution is -1.93. The minimum Gasteiger partial charge on any atom is -0.296 e. The molecule has 2 heterocycles. The van der Waals surface area contributed by atoms with E-state index < -0.39 is 0 Å². The van der Waals surface area contributed by atoms with Crippen LogP contribution in [0.3, 0.4) is 0 Å². The van der Waals surface area contributed by atoms with Gasteiger partial charge in [-0.1, -0.05) is 29.3 Å². The zero-order chi connectivity index (χ0) is 14.8. The smallest absolute Gasteiger partial charge is 0.145 e. The molecule has 3 nitrogen and oxygen atoms in total. The fraction of sp³-hybridized carbons (Fsp3) is 0.143. The summed E-state index contributed by atoms with van der Waals surface area (Å²) in [5, 5.41) is 10.9. The van der Waals surface area contributed by atoms with Crippen LogP contribution in [-0.4, -0.2) is 15.3 Å². The third-order valence-corrected chi connectivity index (χ3v) is 6.47. The zero-order valence-electron chi connectivity index (χ0n) is 11.1. The van der Waals surface area contributed by atoms with E-state index >= 15 is 0 Å². The summed E-state index contributed by atoms with van der Waals surface area (Å²) in [7, 11) is 0. The van der Waals surface area contributed by atoms with Crippen molar-refractivity contribution in [1.82, 2.24) is 9.55 Å². The Kier molecular flexibility index (Phi) is 6.13. The third kappa shape index (κ3) is 3.58. The van der Waals surface area contributed by atoms with Crippen LogP contribution in [0.2, 0.25) is 10.0 Å². The van der Waals surface area contributed by atoms with Gasteiger partial charge in [0.2, 0.25) is 0 Å². The van der Waals surface area contributed by atoms with Gasteiger partial charge in [-0.3, -0.25) is 4.57 Å². The van der Waals surface area contributed by atoms with E-state index in [0.717, 1.165) is 15.6 Å². The van der Waals surface area contributed by atoms with Crippen molar-refractivity contribution >= 4 is 64.8 Å². The molecular weight excluding hydrogens is 381 g/mol. The molecule has 0 radical (unpaired) electrons. The van der Waals surface area contributed by atoms with Gasteiger partial charge in [-0.25, -0.2) is 4.98 Å². The Labute approximate surface area is 153 Å². The van der Waals surface area contributed by atoms with Crippen molar-refractivity contribution in [2.75, 3.05) is 5.75 Å². The van der Waals surface area contributed by atoms with E-state index in [1.54, 1.807) is 52.9 Å². The number of hydrogen-bond acceptors (Lipinski definition) is 4. The van der Waals surface area contributed by atoms with Crippen molar-refractivity contribution in [3.63, 3.8) is 0 Å². The maximum absolute atomic E-state index is 9.38. The molecule has 0 amide bonds. The molecule has 1 aromatic heterocycles. The van der Waals surface area contributed by atoms with E-state index in [2.05, 4.69) is 11.1 Å². The molecular formula is C14H10Cl3N3S2.